The molecule has 1 unspecified atom stereocenters. The van der Waals surface area contributed by atoms with Crippen LogP contribution in [0.25, 0.3) is 0 Å². The molecular weight excluding hydrogens is 248 g/mol. The van der Waals surface area contributed by atoms with Crippen LogP contribution in [0.4, 0.5) is 5.69 Å². The first-order valence-electron chi connectivity index (χ1n) is 5.75. The average Bonchev–Trinajstić information content (AvgIpc) is 2.26. The van der Waals surface area contributed by atoms with E-state index < -0.39 is 5.60 Å². The third-order valence-electron chi connectivity index (χ3n) is 2.44. The molecule has 1 atom stereocenters. The number of hydrogen-bond donors (Lipinski definition) is 3. The Morgan fingerprint density at radius 2 is 2.28 bits per heavy atom. The second-order valence-corrected chi connectivity index (χ2v) is 5.49. The van der Waals surface area contributed by atoms with Gasteiger partial charge in [-0.3, -0.25) is 4.79 Å². The Labute approximate surface area is 112 Å². The van der Waals surface area contributed by atoms with Gasteiger partial charge in [-0.15, -0.1) is 0 Å². The number of nitrogen functional groups attached to an aromatic ring is 1. The fraction of sp³-hybridized carbons (Fsp3) is 0.462. The van der Waals surface area contributed by atoms with Gasteiger partial charge >= 0.3 is 0 Å². The number of anilines is 1. The summed E-state index contributed by atoms with van der Waals surface area (Å²) >= 11 is 1.55. The van der Waals surface area contributed by atoms with Crippen LogP contribution in [-0.4, -0.2) is 35.2 Å². The summed E-state index contributed by atoms with van der Waals surface area (Å²) in [7, 11) is 0. The van der Waals surface area contributed by atoms with Gasteiger partial charge in [0.25, 0.3) is 0 Å². The largest absolute Gasteiger partial charge is 0.399 e. The fourth-order valence-corrected chi connectivity index (χ4v) is 2.33. The van der Waals surface area contributed by atoms with Gasteiger partial charge in [-0.25, -0.2) is 0 Å². The van der Waals surface area contributed by atoms with Crippen molar-refractivity contribution in [2.45, 2.75) is 18.9 Å². The van der Waals surface area contributed by atoms with Crippen LogP contribution in [0, 0.1) is 0 Å². The molecule has 0 saturated heterocycles. The molecule has 0 bridgehead atoms. The van der Waals surface area contributed by atoms with Crippen molar-refractivity contribution < 1.29 is 9.90 Å². The molecule has 5 heteroatoms. The minimum Gasteiger partial charge on any atom is -0.399 e. The van der Waals surface area contributed by atoms with Crippen LogP contribution in [0.3, 0.4) is 0 Å². The van der Waals surface area contributed by atoms with E-state index in [4.69, 9.17) is 5.73 Å². The third kappa shape index (κ3) is 5.42. The molecule has 0 radical (unpaired) electrons. The van der Waals surface area contributed by atoms with Gasteiger partial charge in [0.05, 0.1) is 12.0 Å². The molecule has 1 aromatic carbocycles. The van der Waals surface area contributed by atoms with E-state index in [0.29, 0.717) is 11.4 Å². The van der Waals surface area contributed by atoms with E-state index in [-0.39, 0.29) is 18.9 Å². The lowest BCUT2D eigenvalue weighted by atomic mass is 10.1. The minimum absolute atomic E-state index is 0.109. The van der Waals surface area contributed by atoms with Crippen molar-refractivity contribution >= 4 is 23.4 Å². The SMILES string of the molecule is CSCC(C)(O)CNC(=O)Cc1cccc(N)c1. The number of benzene rings is 1. The second kappa shape index (κ2) is 6.66. The maximum atomic E-state index is 11.7. The first kappa shape index (κ1) is 14.9. The maximum Gasteiger partial charge on any atom is 0.224 e. The number of carbonyl (C=O) groups is 1. The summed E-state index contributed by atoms with van der Waals surface area (Å²) in [5, 5.41) is 12.7. The van der Waals surface area contributed by atoms with E-state index in [1.807, 2.05) is 18.4 Å². The van der Waals surface area contributed by atoms with Crippen LogP contribution in [0.1, 0.15) is 12.5 Å². The highest BCUT2D eigenvalue weighted by molar-refractivity contribution is 7.98. The molecule has 18 heavy (non-hydrogen) atoms. The van der Waals surface area contributed by atoms with Crippen LogP contribution in [0.15, 0.2) is 24.3 Å². The number of nitrogens with two attached hydrogens (primary N) is 1. The van der Waals surface area contributed by atoms with Crippen LogP contribution >= 0.6 is 11.8 Å². The Hall–Kier alpha value is -1.20. The third-order valence-corrected chi connectivity index (χ3v) is 3.35. The summed E-state index contributed by atoms with van der Waals surface area (Å²) < 4.78 is 0. The van der Waals surface area contributed by atoms with Crippen molar-refractivity contribution in [1.29, 1.82) is 0 Å². The molecule has 0 aromatic heterocycles. The van der Waals surface area contributed by atoms with E-state index in [9.17, 15) is 9.90 Å². The Morgan fingerprint density at radius 3 is 2.89 bits per heavy atom. The van der Waals surface area contributed by atoms with Crippen molar-refractivity contribution in [3.63, 3.8) is 0 Å². The highest BCUT2D eigenvalue weighted by Gasteiger charge is 2.20. The predicted molar refractivity (Wildman–Crippen MR) is 76.6 cm³/mol. The molecule has 0 saturated carbocycles. The van der Waals surface area contributed by atoms with E-state index in [0.717, 1.165) is 5.56 Å². The highest BCUT2D eigenvalue weighted by Crippen LogP contribution is 2.10. The van der Waals surface area contributed by atoms with E-state index >= 15 is 0 Å². The van der Waals surface area contributed by atoms with Crippen molar-refractivity contribution in [1.82, 2.24) is 5.32 Å². The Balaban J connectivity index is 2.43. The molecule has 1 rings (SSSR count). The lowest BCUT2D eigenvalue weighted by molar-refractivity contribution is -0.121. The van der Waals surface area contributed by atoms with Gasteiger partial charge in [0.15, 0.2) is 0 Å². The Kier molecular flexibility index (Phi) is 5.50. The smallest absolute Gasteiger partial charge is 0.224 e. The zero-order chi connectivity index (χ0) is 13.6. The zero-order valence-corrected chi connectivity index (χ0v) is 11.6. The van der Waals surface area contributed by atoms with E-state index in [1.165, 1.54) is 0 Å². The summed E-state index contributed by atoms with van der Waals surface area (Å²) in [6, 6.07) is 7.24. The fourth-order valence-electron chi connectivity index (χ4n) is 1.60. The van der Waals surface area contributed by atoms with Gasteiger partial charge in [0.1, 0.15) is 0 Å². The highest BCUT2D eigenvalue weighted by atomic mass is 32.2. The quantitative estimate of drug-likeness (QED) is 0.674. The van der Waals surface area contributed by atoms with Crippen LogP contribution in [-0.2, 0) is 11.2 Å². The maximum absolute atomic E-state index is 11.7. The molecule has 0 aliphatic heterocycles. The van der Waals surface area contributed by atoms with E-state index in [1.54, 1.807) is 30.8 Å². The number of nitrogens with one attached hydrogen (secondary N) is 1. The number of aliphatic hydroxyl groups is 1. The van der Waals surface area contributed by atoms with Gasteiger partial charge in [-0.2, -0.15) is 11.8 Å². The van der Waals surface area contributed by atoms with E-state index in [2.05, 4.69) is 5.32 Å². The molecular formula is C13H20N2O2S. The molecule has 1 aromatic rings. The van der Waals surface area contributed by atoms with Gasteiger partial charge in [-0.1, -0.05) is 12.1 Å². The molecule has 100 valence electrons. The second-order valence-electron chi connectivity index (χ2n) is 4.63. The minimum atomic E-state index is -0.870. The summed E-state index contributed by atoms with van der Waals surface area (Å²) in [6.45, 7) is 1.97. The molecule has 0 spiro atoms. The van der Waals surface area contributed by atoms with Crippen molar-refractivity contribution in [3.05, 3.63) is 29.8 Å². The summed E-state index contributed by atoms with van der Waals surface area (Å²) in [5.74, 6) is 0.480. The van der Waals surface area contributed by atoms with Gasteiger partial charge < -0.3 is 16.2 Å². The number of rotatable bonds is 6. The van der Waals surface area contributed by atoms with Crippen LogP contribution in [0.5, 0.6) is 0 Å². The number of carbonyl (C=O) groups excluding carboxylic acids is 1. The number of thioether (sulfide) groups is 1. The summed E-state index contributed by atoms with van der Waals surface area (Å²) in [4.78, 5) is 11.7. The van der Waals surface area contributed by atoms with Crippen molar-refractivity contribution in [3.8, 4) is 0 Å². The lowest BCUT2D eigenvalue weighted by Gasteiger charge is -2.22. The monoisotopic (exact) mass is 268 g/mol. The Bertz CT molecular complexity index is 408. The van der Waals surface area contributed by atoms with Gasteiger partial charge in [-0.05, 0) is 30.9 Å². The average molecular weight is 268 g/mol. The first-order chi connectivity index (χ1) is 8.43. The van der Waals surface area contributed by atoms with Gasteiger partial charge in [0, 0.05) is 18.0 Å². The molecule has 1 amide bonds. The Morgan fingerprint density at radius 1 is 1.56 bits per heavy atom. The standard InChI is InChI=1S/C13H20N2O2S/c1-13(17,9-18-2)8-15-12(16)7-10-4-3-5-11(14)6-10/h3-6,17H,7-9,14H2,1-2H3,(H,15,16). The number of hydrogen-bond acceptors (Lipinski definition) is 4. The molecule has 0 fully saturated rings. The first-order valence-corrected chi connectivity index (χ1v) is 7.15. The van der Waals surface area contributed by atoms with Crippen LogP contribution in [0.2, 0.25) is 0 Å². The number of amides is 1. The van der Waals surface area contributed by atoms with Gasteiger partial charge in [0.2, 0.25) is 5.91 Å². The molecule has 4 nitrogen and oxygen atoms in total. The molecule has 0 aliphatic rings. The lowest BCUT2D eigenvalue weighted by Crippen LogP contribution is -2.42. The van der Waals surface area contributed by atoms with Crippen molar-refractivity contribution in [2.75, 3.05) is 24.3 Å². The van der Waals surface area contributed by atoms with Crippen molar-refractivity contribution in [2.24, 2.45) is 0 Å². The molecule has 0 aliphatic carbocycles. The zero-order valence-electron chi connectivity index (χ0n) is 10.8. The summed E-state index contributed by atoms with van der Waals surface area (Å²) in [6.07, 6.45) is 2.20. The normalized spacial score (nSPS) is 13.9. The predicted octanol–water partition coefficient (Wildman–Crippen LogP) is 1.04. The topological polar surface area (TPSA) is 75.3 Å². The molecule has 0 heterocycles. The van der Waals surface area contributed by atoms with Crippen LogP contribution < -0.4 is 11.1 Å². The molecule has 4 N–H and O–H groups in total. The summed E-state index contributed by atoms with van der Waals surface area (Å²) in [5.41, 5.74) is 6.29.